The van der Waals surface area contributed by atoms with Gasteiger partial charge in [0.2, 0.25) is 10.0 Å². The Balaban J connectivity index is 1.66. The lowest BCUT2D eigenvalue weighted by Gasteiger charge is -2.26. The number of benzene rings is 2. The van der Waals surface area contributed by atoms with Gasteiger partial charge in [0.05, 0.1) is 23.7 Å². The third-order valence-corrected chi connectivity index (χ3v) is 6.33. The number of hydrogen-bond acceptors (Lipinski definition) is 6. The van der Waals surface area contributed by atoms with Crippen LogP contribution >= 0.6 is 0 Å². The number of nitrogens with zero attached hydrogens (tertiary/aromatic N) is 1. The molecule has 0 aromatic heterocycles. The van der Waals surface area contributed by atoms with Gasteiger partial charge in [-0.05, 0) is 36.8 Å². The maximum atomic E-state index is 12.8. The van der Waals surface area contributed by atoms with Crippen molar-refractivity contribution in [2.24, 2.45) is 0 Å². The van der Waals surface area contributed by atoms with Crippen molar-refractivity contribution in [3.05, 3.63) is 59.7 Å². The largest absolute Gasteiger partial charge is 0.452 e. The molecule has 2 aromatic carbocycles. The van der Waals surface area contributed by atoms with Gasteiger partial charge in [0.1, 0.15) is 0 Å². The number of morpholine rings is 1. The van der Waals surface area contributed by atoms with Crippen LogP contribution in [0.1, 0.15) is 15.9 Å². The van der Waals surface area contributed by atoms with Crippen molar-refractivity contribution >= 4 is 27.6 Å². The van der Waals surface area contributed by atoms with E-state index in [-0.39, 0.29) is 18.0 Å². The van der Waals surface area contributed by atoms with Crippen molar-refractivity contribution in [2.75, 3.05) is 38.2 Å². The molecule has 2 aromatic rings. The maximum absolute atomic E-state index is 12.8. The number of carbonyl (C=O) groups is 2. The Bertz CT molecular complexity index is 985. The summed E-state index contributed by atoms with van der Waals surface area (Å²) in [4.78, 5) is 24.2. The van der Waals surface area contributed by atoms with Crippen molar-refractivity contribution < 1.29 is 27.5 Å². The van der Waals surface area contributed by atoms with Crippen LogP contribution < -0.4 is 5.32 Å². The first-order chi connectivity index (χ1) is 13.9. The molecule has 1 aliphatic rings. The molecule has 154 valence electrons. The number of sulfonamides is 1. The lowest BCUT2D eigenvalue weighted by molar-refractivity contribution is -0.119. The van der Waals surface area contributed by atoms with Crippen molar-refractivity contribution in [3.63, 3.8) is 0 Å². The summed E-state index contributed by atoms with van der Waals surface area (Å²) in [6, 6.07) is 12.9. The van der Waals surface area contributed by atoms with Crippen LogP contribution in [0.3, 0.4) is 0 Å². The first-order valence-corrected chi connectivity index (χ1v) is 10.5. The second-order valence-corrected chi connectivity index (χ2v) is 8.42. The van der Waals surface area contributed by atoms with E-state index in [4.69, 9.17) is 9.47 Å². The predicted molar refractivity (Wildman–Crippen MR) is 106 cm³/mol. The molecule has 9 heteroatoms. The Hall–Kier alpha value is -2.75. The number of rotatable bonds is 6. The quantitative estimate of drug-likeness (QED) is 0.718. The number of esters is 1. The van der Waals surface area contributed by atoms with E-state index in [9.17, 15) is 18.0 Å². The molecule has 1 N–H and O–H groups in total. The normalized spacial score (nSPS) is 14.9. The highest BCUT2D eigenvalue weighted by Crippen LogP contribution is 2.23. The molecule has 1 amide bonds. The molecule has 1 aliphatic heterocycles. The van der Waals surface area contributed by atoms with E-state index >= 15 is 0 Å². The lowest BCUT2D eigenvalue weighted by Crippen LogP contribution is -2.40. The number of carbonyl (C=O) groups excluding carboxylic acids is 2. The summed E-state index contributed by atoms with van der Waals surface area (Å²) in [6.45, 7) is 2.54. The highest BCUT2D eigenvalue weighted by molar-refractivity contribution is 7.89. The van der Waals surface area contributed by atoms with E-state index < -0.39 is 28.5 Å². The molecular formula is C20H22N2O6S. The Kier molecular flexibility index (Phi) is 6.63. The fourth-order valence-corrected chi connectivity index (χ4v) is 4.24. The van der Waals surface area contributed by atoms with Gasteiger partial charge in [0.25, 0.3) is 5.91 Å². The molecule has 0 bridgehead atoms. The SMILES string of the molecule is Cc1ccc(S(=O)(=O)N2CCOCC2)cc1NC(=O)COC(=O)c1ccccc1. The van der Waals surface area contributed by atoms with Gasteiger partial charge in [-0.15, -0.1) is 0 Å². The minimum absolute atomic E-state index is 0.0848. The van der Waals surface area contributed by atoms with Crippen LogP contribution in [0.25, 0.3) is 0 Å². The Labute approximate surface area is 169 Å². The van der Waals surface area contributed by atoms with Crippen molar-refractivity contribution in [1.29, 1.82) is 0 Å². The summed E-state index contributed by atoms with van der Waals surface area (Å²) in [5.74, 6) is -1.17. The number of anilines is 1. The third-order valence-electron chi connectivity index (χ3n) is 4.43. The van der Waals surface area contributed by atoms with E-state index in [0.29, 0.717) is 30.0 Å². The number of nitrogens with one attached hydrogen (secondary N) is 1. The number of aryl methyl sites for hydroxylation is 1. The third kappa shape index (κ3) is 5.20. The highest BCUT2D eigenvalue weighted by atomic mass is 32.2. The van der Waals surface area contributed by atoms with Crippen LogP contribution in [0.2, 0.25) is 0 Å². The summed E-state index contributed by atoms with van der Waals surface area (Å²) in [5, 5.41) is 2.61. The zero-order valence-electron chi connectivity index (χ0n) is 16.0. The van der Waals surface area contributed by atoms with Gasteiger partial charge in [-0.1, -0.05) is 24.3 Å². The molecule has 0 saturated carbocycles. The molecule has 0 unspecified atom stereocenters. The van der Waals surface area contributed by atoms with E-state index in [1.807, 2.05) is 0 Å². The number of ether oxygens (including phenoxy) is 2. The number of hydrogen-bond donors (Lipinski definition) is 1. The Morgan fingerprint density at radius 2 is 1.79 bits per heavy atom. The van der Waals surface area contributed by atoms with Gasteiger partial charge < -0.3 is 14.8 Å². The predicted octanol–water partition coefficient (Wildman–Crippen LogP) is 1.81. The second-order valence-electron chi connectivity index (χ2n) is 6.48. The monoisotopic (exact) mass is 418 g/mol. The maximum Gasteiger partial charge on any atom is 0.338 e. The fraction of sp³-hybridized carbons (Fsp3) is 0.300. The van der Waals surface area contributed by atoms with Crippen LogP contribution in [0, 0.1) is 6.92 Å². The van der Waals surface area contributed by atoms with E-state index in [2.05, 4.69) is 5.32 Å². The van der Waals surface area contributed by atoms with E-state index in [1.165, 1.54) is 16.4 Å². The standard InChI is InChI=1S/C20H22N2O6S/c1-15-7-8-17(29(25,26)22-9-11-27-12-10-22)13-18(15)21-19(23)14-28-20(24)16-5-3-2-4-6-16/h2-8,13H,9-12,14H2,1H3,(H,21,23). The zero-order chi connectivity index (χ0) is 20.9. The van der Waals surface area contributed by atoms with Gasteiger partial charge in [0, 0.05) is 18.8 Å². The minimum atomic E-state index is -3.68. The summed E-state index contributed by atoms with van der Waals surface area (Å²) in [7, 11) is -3.68. The summed E-state index contributed by atoms with van der Waals surface area (Å²) >= 11 is 0. The van der Waals surface area contributed by atoms with Crippen molar-refractivity contribution in [3.8, 4) is 0 Å². The molecule has 0 aliphatic carbocycles. The molecule has 8 nitrogen and oxygen atoms in total. The van der Waals surface area contributed by atoms with E-state index in [1.54, 1.807) is 43.3 Å². The van der Waals surface area contributed by atoms with Gasteiger partial charge in [-0.25, -0.2) is 13.2 Å². The lowest BCUT2D eigenvalue weighted by atomic mass is 10.2. The molecule has 1 heterocycles. The molecule has 1 fully saturated rings. The highest BCUT2D eigenvalue weighted by Gasteiger charge is 2.27. The first-order valence-electron chi connectivity index (χ1n) is 9.08. The number of amides is 1. The summed E-state index contributed by atoms with van der Waals surface area (Å²) in [5.41, 5.74) is 1.38. The summed E-state index contributed by atoms with van der Waals surface area (Å²) < 4.78 is 37.2. The second kappa shape index (κ2) is 9.17. The van der Waals surface area contributed by atoms with Gasteiger partial charge in [-0.3, -0.25) is 4.79 Å². The van der Waals surface area contributed by atoms with Crippen LogP contribution in [0.15, 0.2) is 53.4 Å². The van der Waals surface area contributed by atoms with Crippen LogP contribution in [-0.4, -0.2) is 57.5 Å². The first kappa shape index (κ1) is 21.0. The topological polar surface area (TPSA) is 102 Å². The van der Waals surface area contributed by atoms with Crippen molar-refractivity contribution in [2.45, 2.75) is 11.8 Å². The Morgan fingerprint density at radius 3 is 2.48 bits per heavy atom. The molecule has 0 spiro atoms. The molecule has 3 rings (SSSR count). The van der Waals surface area contributed by atoms with Gasteiger partial charge >= 0.3 is 5.97 Å². The minimum Gasteiger partial charge on any atom is -0.452 e. The van der Waals surface area contributed by atoms with Crippen LogP contribution in [0.4, 0.5) is 5.69 Å². The average molecular weight is 418 g/mol. The van der Waals surface area contributed by atoms with E-state index in [0.717, 1.165) is 0 Å². The molecule has 29 heavy (non-hydrogen) atoms. The van der Waals surface area contributed by atoms with Gasteiger partial charge in [-0.2, -0.15) is 4.31 Å². The average Bonchev–Trinajstić information content (AvgIpc) is 2.74. The fourth-order valence-electron chi connectivity index (χ4n) is 2.81. The Morgan fingerprint density at radius 1 is 1.10 bits per heavy atom. The van der Waals surface area contributed by atoms with Crippen LogP contribution in [-0.2, 0) is 24.3 Å². The molecular weight excluding hydrogens is 396 g/mol. The zero-order valence-corrected chi connectivity index (χ0v) is 16.8. The molecule has 1 saturated heterocycles. The van der Waals surface area contributed by atoms with Crippen LogP contribution in [0.5, 0.6) is 0 Å². The van der Waals surface area contributed by atoms with Gasteiger partial charge in [0.15, 0.2) is 6.61 Å². The molecule has 0 atom stereocenters. The molecule has 0 radical (unpaired) electrons. The van der Waals surface area contributed by atoms with Crippen molar-refractivity contribution in [1.82, 2.24) is 4.31 Å². The smallest absolute Gasteiger partial charge is 0.338 e. The summed E-state index contributed by atoms with van der Waals surface area (Å²) in [6.07, 6.45) is 0.